The molecule has 1 heterocycles. The van der Waals surface area contributed by atoms with Gasteiger partial charge in [0.15, 0.2) is 0 Å². The van der Waals surface area contributed by atoms with Gasteiger partial charge in [0.2, 0.25) is 5.91 Å². The monoisotopic (exact) mass is 212 g/mol. The van der Waals surface area contributed by atoms with E-state index in [0.29, 0.717) is 6.04 Å². The van der Waals surface area contributed by atoms with E-state index in [1.807, 2.05) is 0 Å². The van der Waals surface area contributed by atoms with Crippen LogP contribution in [0.15, 0.2) is 0 Å². The molecule has 1 saturated heterocycles. The highest BCUT2D eigenvalue weighted by atomic mass is 16.2. The first-order valence-electron chi connectivity index (χ1n) is 6.31. The molecule has 0 aromatic rings. The molecule has 2 unspecified atom stereocenters. The predicted molar refractivity (Wildman–Crippen MR) is 62.8 cm³/mol. The average Bonchev–Trinajstić information content (AvgIpc) is 2.43. The summed E-state index contributed by atoms with van der Waals surface area (Å²) in [5, 5.41) is 6.45. The van der Waals surface area contributed by atoms with Crippen LogP contribution in [0.2, 0.25) is 0 Å². The molecule has 3 nitrogen and oxygen atoms in total. The number of rotatable bonds is 5. The van der Waals surface area contributed by atoms with Gasteiger partial charge in [-0.05, 0) is 32.1 Å². The molecule has 2 atom stereocenters. The zero-order valence-electron chi connectivity index (χ0n) is 10.0. The van der Waals surface area contributed by atoms with E-state index in [0.717, 1.165) is 32.2 Å². The second kappa shape index (κ2) is 6.83. The Morgan fingerprint density at radius 1 is 1.47 bits per heavy atom. The van der Waals surface area contributed by atoms with E-state index in [-0.39, 0.29) is 11.9 Å². The number of carbonyl (C=O) groups is 1. The number of nitrogens with one attached hydrogen (secondary N) is 2. The fourth-order valence-corrected chi connectivity index (χ4v) is 2.14. The van der Waals surface area contributed by atoms with Crippen molar-refractivity contribution >= 4 is 5.91 Å². The summed E-state index contributed by atoms with van der Waals surface area (Å²) in [5.74, 6) is 0.196. The van der Waals surface area contributed by atoms with Crippen LogP contribution in [-0.4, -0.2) is 24.5 Å². The Bertz CT molecular complexity index is 194. The minimum absolute atomic E-state index is 0.0454. The molecule has 88 valence electrons. The van der Waals surface area contributed by atoms with Gasteiger partial charge in [-0.25, -0.2) is 0 Å². The molecular weight excluding hydrogens is 188 g/mol. The summed E-state index contributed by atoms with van der Waals surface area (Å²) in [5.41, 5.74) is 0. The Labute approximate surface area is 93.0 Å². The molecule has 0 aliphatic carbocycles. The summed E-state index contributed by atoms with van der Waals surface area (Å²) in [6, 6.07) is 0.549. The van der Waals surface area contributed by atoms with E-state index < -0.39 is 0 Å². The van der Waals surface area contributed by atoms with Crippen molar-refractivity contribution in [1.82, 2.24) is 10.6 Å². The van der Waals surface area contributed by atoms with Crippen LogP contribution in [-0.2, 0) is 4.79 Å². The molecule has 1 aliphatic heterocycles. The van der Waals surface area contributed by atoms with Gasteiger partial charge in [-0.3, -0.25) is 4.79 Å². The van der Waals surface area contributed by atoms with Crippen LogP contribution in [0.4, 0.5) is 0 Å². The van der Waals surface area contributed by atoms with Gasteiger partial charge >= 0.3 is 0 Å². The van der Waals surface area contributed by atoms with Gasteiger partial charge in [0, 0.05) is 12.6 Å². The van der Waals surface area contributed by atoms with E-state index in [1.54, 1.807) is 0 Å². The summed E-state index contributed by atoms with van der Waals surface area (Å²) in [7, 11) is 0. The lowest BCUT2D eigenvalue weighted by molar-refractivity contribution is -0.123. The van der Waals surface area contributed by atoms with E-state index in [9.17, 15) is 4.79 Å². The first kappa shape index (κ1) is 12.5. The number of hydrogen-bond donors (Lipinski definition) is 2. The smallest absolute Gasteiger partial charge is 0.237 e. The van der Waals surface area contributed by atoms with E-state index >= 15 is 0 Å². The molecule has 3 heteroatoms. The van der Waals surface area contributed by atoms with Crippen LogP contribution in [0.1, 0.15) is 52.4 Å². The lowest BCUT2D eigenvalue weighted by Gasteiger charge is -2.22. The van der Waals surface area contributed by atoms with Gasteiger partial charge in [0.05, 0.1) is 6.04 Å². The van der Waals surface area contributed by atoms with Crippen molar-refractivity contribution in [3.05, 3.63) is 0 Å². The van der Waals surface area contributed by atoms with Crippen molar-refractivity contribution in [1.29, 1.82) is 0 Å². The summed E-state index contributed by atoms with van der Waals surface area (Å²) in [6.07, 6.45) is 6.72. The lowest BCUT2D eigenvalue weighted by Crippen LogP contribution is -2.47. The maximum absolute atomic E-state index is 11.7. The molecule has 0 radical (unpaired) electrons. The van der Waals surface area contributed by atoms with Crippen LogP contribution < -0.4 is 10.6 Å². The van der Waals surface area contributed by atoms with Crippen LogP contribution in [0.3, 0.4) is 0 Å². The Hall–Kier alpha value is -0.570. The van der Waals surface area contributed by atoms with Crippen LogP contribution >= 0.6 is 0 Å². The molecule has 1 fully saturated rings. The predicted octanol–water partition coefficient (Wildman–Crippen LogP) is 1.82. The van der Waals surface area contributed by atoms with E-state index in [4.69, 9.17) is 0 Å². The third-order valence-corrected chi connectivity index (χ3v) is 3.10. The van der Waals surface area contributed by atoms with E-state index in [1.165, 1.54) is 12.8 Å². The average molecular weight is 212 g/mol. The van der Waals surface area contributed by atoms with Gasteiger partial charge in [-0.1, -0.05) is 20.3 Å². The number of carbonyl (C=O) groups excluding carboxylic acids is 1. The summed E-state index contributed by atoms with van der Waals surface area (Å²) in [4.78, 5) is 11.7. The highest BCUT2D eigenvalue weighted by Crippen LogP contribution is 2.09. The summed E-state index contributed by atoms with van der Waals surface area (Å²) >= 11 is 0. The van der Waals surface area contributed by atoms with Gasteiger partial charge in [-0.15, -0.1) is 0 Å². The quantitative estimate of drug-likeness (QED) is 0.730. The fourth-order valence-electron chi connectivity index (χ4n) is 2.14. The molecule has 0 bridgehead atoms. The minimum Gasteiger partial charge on any atom is -0.355 e. The Morgan fingerprint density at radius 3 is 2.93 bits per heavy atom. The Morgan fingerprint density at radius 2 is 2.27 bits per heavy atom. The van der Waals surface area contributed by atoms with Crippen molar-refractivity contribution in [3.63, 3.8) is 0 Å². The standard InChI is InChI=1S/C12H24N2O/c1-3-7-10(4-2)14-11-8-5-6-9-13-12(11)15/h10-11,14H,3-9H2,1-2H3,(H,13,15). The van der Waals surface area contributed by atoms with Gasteiger partial charge < -0.3 is 10.6 Å². The normalized spacial score (nSPS) is 24.4. The van der Waals surface area contributed by atoms with Crippen molar-refractivity contribution in [2.75, 3.05) is 6.54 Å². The lowest BCUT2D eigenvalue weighted by atomic mass is 10.1. The van der Waals surface area contributed by atoms with Crippen molar-refractivity contribution in [3.8, 4) is 0 Å². The SMILES string of the molecule is CCCC(CC)NC1CCCCNC1=O. The van der Waals surface area contributed by atoms with Crippen molar-refractivity contribution in [2.45, 2.75) is 64.5 Å². The molecule has 1 aliphatic rings. The molecule has 2 N–H and O–H groups in total. The molecule has 0 aromatic heterocycles. The molecular formula is C12H24N2O. The zero-order valence-corrected chi connectivity index (χ0v) is 10.0. The fraction of sp³-hybridized carbons (Fsp3) is 0.917. The third-order valence-electron chi connectivity index (χ3n) is 3.10. The Kier molecular flexibility index (Phi) is 5.69. The largest absolute Gasteiger partial charge is 0.355 e. The van der Waals surface area contributed by atoms with Crippen LogP contribution in [0, 0.1) is 0 Å². The number of amides is 1. The Balaban J connectivity index is 2.42. The van der Waals surface area contributed by atoms with Gasteiger partial charge in [-0.2, -0.15) is 0 Å². The molecule has 0 aromatic carbocycles. The summed E-state index contributed by atoms with van der Waals surface area (Å²) in [6.45, 7) is 5.22. The molecule has 1 rings (SSSR count). The maximum Gasteiger partial charge on any atom is 0.237 e. The highest BCUT2D eigenvalue weighted by molar-refractivity contribution is 5.81. The first-order valence-corrected chi connectivity index (χ1v) is 6.31. The molecule has 0 spiro atoms. The van der Waals surface area contributed by atoms with Crippen LogP contribution in [0.5, 0.6) is 0 Å². The second-order valence-electron chi connectivity index (χ2n) is 4.40. The van der Waals surface area contributed by atoms with Crippen molar-refractivity contribution in [2.24, 2.45) is 0 Å². The second-order valence-corrected chi connectivity index (χ2v) is 4.40. The van der Waals surface area contributed by atoms with Crippen molar-refractivity contribution < 1.29 is 4.79 Å². The van der Waals surface area contributed by atoms with Gasteiger partial charge in [0.25, 0.3) is 0 Å². The van der Waals surface area contributed by atoms with Crippen LogP contribution in [0.25, 0.3) is 0 Å². The minimum atomic E-state index is 0.0454. The van der Waals surface area contributed by atoms with E-state index in [2.05, 4.69) is 24.5 Å². The number of hydrogen-bond acceptors (Lipinski definition) is 2. The summed E-state index contributed by atoms with van der Waals surface area (Å²) < 4.78 is 0. The maximum atomic E-state index is 11.7. The topological polar surface area (TPSA) is 41.1 Å². The third kappa shape index (κ3) is 4.20. The molecule has 15 heavy (non-hydrogen) atoms. The molecule has 0 saturated carbocycles. The van der Waals surface area contributed by atoms with Gasteiger partial charge in [0.1, 0.15) is 0 Å². The first-order chi connectivity index (χ1) is 7.27. The highest BCUT2D eigenvalue weighted by Gasteiger charge is 2.22. The zero-order chi connectivity index (χ0) is 11.1. The molecule has 1 amide bonds.